The second-order valence-electron chi connectivity index (χ2n) is 8.71. The third-order valence-corrected chi connectivity index (χ3v) is 5.32. The highest BCUT2D eigenvalue weighted by atomic mass is 16.5. The molecular weight excluding hydrogens is 436 g/mol. The van der Waals surface area contributed by atoms with Crippen LogP contribution < -0.4 is 5.32 Å². The van der Waals surface area contributed by atoms with E-state index in [2.05, 4.69) is 10.4 Å². The zero-order valence-electron chi connectivity index (χ0n) is 19.3. The Morgan fingerprint density at radius 2 is 1.68 bits per heavy atom. The predicted molar refractivity (Wildman–Crippen MR) is 124 cm³/mol. The van der Waals surface area contributed by atoms with Crippen LogP contribution in [0, 0.1) is 0 Å². The number of benzene rings is 2. The van der Waals surface area contributed by atoms with E-state index in [1.165, 1.54) is 34.0 Å². The Hall–Kier alpha value is -4.27. The molecule has 9 nitrogen and oxygen atoms in total. The van der Waals surface area contributed by atoms with E-state index < -0.39 is 29.2 Å². The zero-order chi connectivity index (χ0) is 24.6. The smallest absolute Gasteiger partial charge is 0.343 e. The topological polar surface area (TPSA) is 111 Å². The molecular formula is C25H24N4O5. The number of rotatable bonds is 5. The summed E-state index contributed by atoms with van der Waals surface area (Å²) in [6, 6.07) is 13.3. The van der Waals surface area contributed by atoms with E-state index in [1.807, 2.05) is 6.07 Å². The van der Waals surface area contributed by atoms with Crippen molar-refractivity contribution in [3.8, 4) is 5.69 Å². The van der Waals surface area contributed by atoms with Crippen molar-refractivity contribution < 1.29 is 23.9 Å². The molecule has 1 aromatic heterocycles. The van der Waals surface area contributed by atoms with Gasteiger partial charge in [-0.1, -0.05) is 18.2 Å². The Bertz CT molecular complexity index is 1300. The number of nitrogens with zero attached hydrogens (tertiary/aromatic N) is 3. The van der Waals surface area contributed by atoms with Crippen molar-refractivity contribution in [1.29, 1.82) is 0 Å². The number of hydrogen-bond acceptors (Lipinski definition) is 6. The van der Waals surface area contributed by atoms with Crippen molar-refractivity contribution in [2.24, 2.45) is 0 Å². The summed E-state index contributed by atoms with van der Waals surface area (Å²) < 4.78 is 6.53. The van der Waals surface area contributed by atoms with E-state index in [4.69, 9.17) is 4.74 Å². The summed E-state index contributed by atoms with van der Waals surface area (Å²) >= 11 is 0. The maximum atomic E-state index is 13.2. The number of imide groups is 1. The number of hydrogen-bond donors (Lipinski definition) is 1. The summed E-state index contributed by atoms with van der Waals surface area (Å²) in [5.74, 6) is -1.92. The zero-order valence-corrected chi connectivity index (χ0v) is 19.3. The molecule has 4 rings (SSSR count). The third kappa shape index (κ3) is 3.96. The fourth-order valence-electron chi connectivity index (χ4n) is 3.76. The van der Waals surface area contributed by atoms with Gasteiger partial charge >= 0.3 is 5.97 Å². The lowest BCUT2D eigenvalue weighted by Gasteiger charge is -2.29. The van der Waals surface area contributed by atoms with Crippen molar-refractivity contribution >= 4 is 29.5 Å². The van der Waals surface area contributed by atoms with Crippen LogP contribution in [0.1, 0.15) is 69.1 Å². The van der Waals surface area contributed by atoms with E-state index in [0.717, 1.165) is 0 Å². The van der Waals surface area contributed by atoms with E-state index in [0.29, 0.717) is 5.69 Å². The maximum absolute atomic E-state index is 13.2. The number of fused-ring (bicyclic) bond motifs is 1. The largest absolute Gasteiger partial charge is 0.462 e. The lowest BCUT2D eigenvalue weighted by molar-refractivity contribution is 0.0501. The number of esters is 1. The molecule has 3 aromatic rings. The van der Waals surface area contributed by atoms with E-state index in [-0.39, 0.29) is 34.7 Å². The van der Waals surface area contributed by atoms with Gasteiger partial charge in [-0.2, -0.15) is 5.10 Å². The molecule has 3 amide bonds. The molecule has 1 aliphatic heterocycles. The predicted octanol–water partition coefficient (Wildman–Crippen LogP) is 3.70. The van der Waals surface area contributed by atoms with E-state index >= 15 is 0 Å². The fourth-order valence-corrected chi connectivity index (χ4v) is 3.76. The molecule has 174 valence electrons. The number of ether oxygens (including phenoxy) is 1. The van der Waals surface area contributed by atoms with Crippen LogP contribution in [0.4, 0.5) is 5.82 Å². The summed E-state index contributed by atoms with van der Waals surface area (Å²) in [6.07, 6.45) is 1.33. The molecule has 1 N–H and O–H groups in total. The first-order valence-corrected chi connectivity index (χ1v) is 10.8. The molecule has 0 radical (unpaired) electrons. The van der Waals surface area contributed by atoms with Crippen LogP contribution in [0.5, 0.6) is 0 Å². The Labute approximate surface area is 196 Å². The maximum Gasteiger partial charge on any atom is 0.343 e. The summed E-state index contributed by atoms with van der Waals surface area (Å²) in [5.41, 5.74) is 0.583. The normalized spacial score (nSPS) is 13.1. The Morgan fingerprint density at radius 3 is 2.32 bits per heavy atom. The molecule has 0 saturated carbocycles. The quantitative estimate of drug-likeness (QED) is 0.459. The van der Waals surface area contributed by atoms with Gasteiger partial charge in [0, 0.05) is 11.1 Å². The average Bonchev–Trinajstić information content (AvgIpc) is 3.32. The van der Waals surface area contributed by atoms with Gasteiger partial charge in [0.15, 0.2) is 5.82 Å². The first kappa shape index (κ1) is 22.9. The second-order valence-corrected chi connectivity index (χ2v) is 8.71. The average molecular weight is 460 g/mol. The number of aromatic nitrogens is 2. The van der Waals surface area contributed by atoms with Crippen LogP contribution in [-0.4, -0.2) is 50.5 Å². The molecule has 0 spiro atoms. The van der Waals surface area contributed by atoms with Crippen molar-refractivity contribution in [3.63, 3.8) is 0 Å². The Kier molecular flexibility index (Phi) is 5.78. The first-order chi connectivity index (χ1) is 16.1. The van der Waals surface area contributed by atoms with Crippen LogP contribution in [0.15, 0.2) is 54.7 Å². The number of para-hydroxylation sites is 1. The molecule has 2 heterocycles. The van der Waals surface area contributed by atoms with Gasteiger partial charge < -0.3 is 10.1 Å². The Balaban J connectivity index is 1.70. The van der Waals surface area contributed by atoms with Crippen molar-refractivity contribution in [2.45, 2.75) is 33.2 Å². The summed E-state index contributed by atoms with van der Waals surface area (Å²) in [7, 11) is 0. The van der Waals surface area contributed by atoms with Gasteiger partial charge in [0.2, 0.25) is 0 Å². The highest BCUT2D eigenvalue weighted by Gasteiger charge is 2.42. The van der Waals surface area contributed by atoms with Crippen LogP contribution in [0.25, 0.3) is 5.69 Å². The molecule has 2 aromatic carbocycles. The third-order valence-electron chi connectivity index (χ3n) is 5.32. The van der Waals surface area contributed by atoms with Crippen LogP contribution in [-0.2, 0) is 4.74 Å². The van der Waals surface area contributed by atoms with Crippen molar-refractivity contribution in [2.75, 3.05) is 11.9 Å². The van der Waals surface area contributed by atoms with Gasteiger partial charge in [0.05, 0.1) is 29.6 Å². The minimum atomic E-state index is -0.702. The fraction of sp³-hybridized carbons (Fsp3) is 0.240. The van der Waals surface area contributed by atoms with Crippen molar-refractivity contribution in [3.05, 3.63) is 77.0 Å². The molecule has 9 heteroatoms. The second kappa shape index (κ2) is 8.58. The molecule has 0 unspecified atom stereocenters. The van der Waals surface area contributed by atoms with Crippen LogP contribution >= 0.6 is 0 Å². The summed E-state index contributed by atoms with van der Waals surface area (Å²) in [6.45, 7) is 7.15. The first-order valence-electron chi connectivity index (χ1n) is 10.8. The molecule has 0 bridgehead atoms. The summed E-state index contributed by atoms with van der Waals surface area (Å²) in [5, 5.41) is 6.97. The molecule has 0 atom stereocenters. The molecule has 34 heavy (non-hydrogen) atoms. The molecule has 0 aliphatic carbocycles. The Morgan fingerprint density at radius 1 is 1.00 bits per heavy atom. The van der Waals surface area contributed by atoms with Gasteiger partial charge in [0.25, 0.3) is 17.7 Å². The number of amides is 3. The van der Waals surface area contributed by atoms with Gasteiger partial charge in [-0.05, 0) is 58.0 Å². The lowest BCUT2D eigenvalue weighted by Crippen LogP contribution is -2.45. The van der Waals surface area contributed by atoms with Crippen molar-refractivity contribution in [1.82, 2.24) is 14.7 Å². The number of nitrogens with one attached hydrogen (secondary N) is 1. The monoisotopic (exact) mass is 460 g/mol. The van der Waals surface area contributed by atoms with Gasteiger partial charge in [-0.15, -0.1) is 0 Å². The van der Waals surface area contributed by atoms with Gasteiger partial charge in [-0.25, -0.2) is 9.48 Å². The highest BCUT2D eigenvalue weighted by Crippen LogP contribution is 2.30. The lowest BCUT2D eigenvalue weighted by atomic mass is 10.1. The van der Waals surface area contributed by atoms with Gasteiger partial charge in [0.1, 0.15) is 5.56 Å². The number of carbonyl (C=O) groups excluding carboxylic acids is 4. The minimum Gasteiger partial charge on any atom is -0.462 e. The standard InChI is InChI=1S/C25H24N4O5/c1-5-34-24(33)19-14-26-29(16-9-7-6-8-10-16)20(19)27-21(30)15-11-12-17-18(13-15)23(32)28(22(17)31)25(2,3)4/h6-14H,5H2,1-4H3,(H,27,30). The molecule has 1 aliphatic rings. The molecule has 0 fully saturated rings. The highest BCUT2D eigenvalue weighted by molar-refractivity contribution is 6.22. The molecule has 0 saturated heterocycles. The van der Waals surface area contributed by atoms with Crippen LogP contribution in [0.2, 0.25) is 0 Å². The SMILES string of the molecule is CCOC(=O)c1cnn(-c2ccccc2)c1NC(=O)c1ccc2c(c1)C(=O)N(C(C)(C)C)C2=O. The van der Waals surface area contributed by atoms with E-state index in [9.17, 15) is 19.2 Å². The number of carbonyl (C=O) groups is 4. The van der Waals surface area contributed by atoms with E-state index in [1.54, 1.807) is 52.0 Å². The van der Waals surface area contributed by atoms with Crippen LogP contribution in [0.3, 0.4) is 0 Å². The summed E-state index contributed by atoms with van der Waals surface area (Å²) in [4.78, 5) is 52.5. The van der Waals surface area contributed by atoms with Gasteiger partial charge in [-0.3, -0.25) is 19.3 Å². The number of anilines is 1. The minimum absolute atomic E-state index is 0.0883.